The molecule has 0 unspecified atom stereocenters. The Labute approximate surface area is 92.3 Å². The van der Waals surface area contributed by atoms with Crippen molar-refractivity contribution in [2.24, 2.45) is 5.73 Å². The van der Waals surface area contributed by atoms with Gasteiger partial charge >= 0.3 is 12.0 Å². The zero-order valence-corrected chi connectivity index (χ0v) is 8.19. The van der Waals surface area contributed by atoms with Gasteiger partial charge in [0.25, 0.3) is 0 Å². The van der Waals surface area contributed by atoms with E-state index in [1.165, 1.54) is 0 Å². The van der Waals surface area contributed by atoms with Crippen LogP contribution in [0.5, 0.6) is 5.75 Å². The van der Waals surface area contributed by atoms with Gasteiger partial charge in [0, 0.05) is 12.6 Å². The van der Waals surface area contributed by atoms with E-state index in [1.807, 2.05) is 0 Å². The first-order valence-corrected chi connectivity index (χ1v) is 4.14. The summed E-state index contributed by atoms with van der Waals surface area (Å²) in [5.74, 6) is -1.38. The van der Waals surface area contributed by atoms with Crippen LogP contribution in [0.3, 0.4) is 0 Å². The summed E-state index contributed by atoms with van der Waals surface area (Å²) in [6.45, 7) is -0.435. The number of halogens is 3. The van der Waals surface area contributed by atoms with Crippen molar-refractivity contribution in [3.05, 3.63) is 21.9 Å². The number of aromatic nitrogens is 1. The Morgan fingerprint density at radius 2 is 2.12 bits per heavy atom. The first-order chi connectivity index (χ1) is 7.74. The topological polar surface area (TPSA) is 117 Å². The van der Waals surface area contributed by atoms with E-state index in [1.54, 1.807) is 0 Å². The minimum atomic E-state index is -5.07. The Kier molecular flexibility index (Phi) is 3.36. The zero-order valence-electron chi connectivity index (χ0n) is 8.19. The molecule has 0 fully saturated rings. The molecule has 0 aromatic carbocycles. The van der Waals surface area contributed by atoms with E-state index in [4.69, 9.17) is 11.5 Å². The molecule has 0 radical (unpaired) electrons. The number of ether oxygens (including phenoxy) is 1. The molecule has 0 amide bonds. The molecule has 94 valence electrons. The second-order valence-electron chi connectivity index (χ2n) is 2.85. The van der Waals surface area contributed by atoms with Gasteiger partial charge in [0.05, 0.1) is 4.92 Å². The van der Waals surface area contributed by atoms with Crippen molar-refractivity contribution in [3.8, 4) is 5.75 Å². The number of nitrogens with two attached hydrogens (primary N) is 2. The fraction of sp³-hybridized carbons (Fsp3) is 0.286. The van der Waals surface area contributed by atoms with E-state index in [-0.39, 0.29) is 11.5 Å². The molecule has 1 aromatic heterocycles. The lowest BCUT2D eigenvalue weighted by Gasteiger charge is -2.11. The Bertz CT molecular complexity index is 449. The largest absolute Gasteiger partial charge is 0.573 e. The smallest absolute Gasteiger partial charge is 0.398 e. The number of nitrogen functional groups attached to an aromatic ring is 1. The van der Waals surface area contributed by atoms with Gasteiger partial charge in [0.1, 0.15) is 11.5 Å². The molecule has 1 rings (SSSR count). The maximum atomic E-state index is 12.0. The molecule has 1 heterocycles. The lowest BCUT2D eigenvalue weighted by molar-refractivity contribution is -0.389. The van der Waals surface area contributed by atoms with Gasteiger partial charge in [-0.05, 0) is 0 Å². The van der Waals surface area contributed by atoms with Crippen LogP contribution in [0.2, 0.25) is 0 Å². The predicted octanol–water partition coefficient (Wildman–Crippen LogP) is 0.929. The molecule has 0 saturated carbocycles. The molecule has 1 aromatic rings. The summed E-state index contributed by atoms with van der Waals surface area (Å²) in [6.07, 6.45) is -5.07. The van der Waals surface area contributed by atoms with Crippen LogP contribution in [0, 0.1) is 10.1 Å². The van der Waals surface area contributed by atoms with E-state index in [0.29, 0.717) is 6.07 Å². The molecule has 17 heavy (non-hydrogen) atoms. The van der Waals surface area contributed by atoms with Crippen LogP contribution in [0.4, 0.5) is 24.7 Å². The molecule has 0 aliphatic carbocycles. The van der Waals surface area contributed by atoms with Crippen molar-refractivity contribution >= 4 is 11.5 Å². The highest BCUT2D eigenvalue weighted by molar-refractivity contribution is 5.55. The van der Waals surface area contributed by atoms with Crippen molar-refractivity contribution in [1.82, 2.24) is 4.98 Å². The number of nitro groups is 1. The summed E-state index contributed by atoms with van der Waals surface area (Å²) in [5.41, 5.74) is 8.99. The highest BCUT2D eigenvalue weighted by Crippen LogP contribution is 2.35. The van der Waals surface area contributed by atoms with Crippen LogP contribution in [0.25, 0.3) is 0 Å². The number of alkyl halides is 3. The monoisotopic (exact) mass is 252 g/mol. The third-order valence-electron chi connectivity index (χ3n) is 1.65. The van der Waals surface area contributed by atoms with Crippen molar-refractivity contribution < 1.29 is 22.8 Å². The van der Waals surface area contributed by atoms with Crippen molar-refractivity contribution in [3.63, 3.8) is 0 Å². The van der Waals surface area contributed by atoms with E-state index in [2.05, 4.69) is 9.72 Å². The van der Waals surface area contributed by atoms with Crippen LogP contribution in [-0.2, 0) is 6.54 Å². The van der Waals surface area contributed by atoms with Gasteiger partial charge in [-0.15, -0.1) is 13.2 Å². The SMILES string of the molecule is NCc1nc(N)cc(OC(F)(F)F)c1[N+](=O)[O-]. The standard InChI is InChI=1S/C7H7F3N4O3/c8-7(9,10)17-4-1-5(12)13-3(2-11)6(4)14(15)16/h1H,2,11H2,(H2,12,13). The average Bonchev–Trinajstić information content (AvgIpc) is 2.12. The second-order valence-corrected chi connectivity index (χ2v) is 2.85. The van der Waals surface area contributed by atoms with Crippen LogP contribution < -0.4 is 16.2 Å². The first-order valence-electron chi connectivity index (χ1n) is 4.14. The number of pyridine rings is 1. The predicted molar refractivity (Wildman–Crippen MR) is 49.9 cm³/mol. The normalized spacial score (nSPS) is 11.3. The van der Waals surface area contributed by atoms with Gasteiger partial charge < -0.3 is 16.2 Å². The van der Waals surface area contributed by atoms with E-state index < -0.39 is 29.3 Å². The minimum absolute atomic E-state index is 0.352. The number of nitrogens with zero attached hydrogens (tertiary/aromatic N) is 2. The van der Waals surface area contributed by atoms with E-state index >= 15 is 0 Å². The average molecular weight is 252 g/mol. The molecular formula is C7H7F3N4O3. The molecule has 0 bridgehead atoms. The van der Waals surface area contributed by atoms with Gasteiger partial charge in [-0.1, -0.05) is 0 Å². The van der Waals surface area contributed by atoms with Crippen LogP contribution >= 0.6 is 0 Å². The van der Waals surface area contributed by atoms with Crippen molar-refractivity contribution in [1.29, 1.82) is 0 Å². The Morgan fingerprint density at radius 1 is 1.53 bits per heavy atom. The van der Waals surface area contributed by atoms with E-state index in [0.717, 1.165) is 0 Å². The summed E-state index contributed by atoms with van der Waals surface area (Å²) in [7, 11) is 0. The summed E-state index contributed by atoms with van der Waals surface area (Å²) in [4.78, 5) is 13.0. The van der Waals surface area contributed by atoms with Crippen LogP contribution in [0.15, 0.2) is 6.07 Å². The highest BCUT2D eigenvalue weighted by Gasteiger charge is 2.36. The fourth-order valence-corrected chi connectivity index (χ4v) is 1.13. The Balaban J connectivity index is 3.35. The third-order valence-corrected chi connectivity index (χ3v) is 1.65. The summed E-state index contributed by atoms with van der Waals surface area (Å²) in [5, 5.41) is 10.6. The maximum Gasteiger partial charge on any atom is 0.573 e. The molecule has 10 heteroatoms. The van der Waals surface area contributed by atoms with Gasteiger partial charge in [-0.25, -0.2) is 4.98 Å². The molecule has 7 nitrogen and oxygen atoms in total. The minimum Gasteiger partial charge on any atom is -0.398 e. The maximum absolute atomic E-state index is 12.0. The molecule has 0 aliphatic heterocycles. The summed E-state index contributed by atoms with van der Waals surface area (Å²) < 4.78 is 39.5. The number of hydrogen-bond acceptors (Lipinski definition) is 6. The fourth-order valence-electron chi connectivity index (χ4n) is 1.13. The molecule has 0 atom stereocenters. The molecule has 4 N–H and O–H groups in total. The van der Waals surface area contributed by atoms with Crippen molar-refractivity contribution in [2.75, 3.05) is 5.73 Å². The van der Waals surface area contributed by atoms with Crippen LogP contribution in [0.1, 0.15) is 5.69 Å². The van der Waals surface area contributed by atoms with Gasteiger partial charge in [0.2, 0.25) is 5.75 Å². The summed E-state index contributed by atoms with van der Waals surface area (Å²) >= 11 is 0. The van der Waals surface area contributed by atoms with Crippen LogP contribution in [-0.4, -0.2) is 16.3 Å². The molecular weight excluding hydrogens is 245 g/mol. The molecule has 0 aliphatic rings. The van der Waals surface area contributed by atoms with Crippen molar-refractivity contribution in [2.45, 2.75) is 12.9 Å². The first kappa shape index (κ1) is 13.0. The van der Waals surface area contributed by atoms with Gasteiger partial charge in [-0.3, -0.25) is 10.1 Å². The zero-order chi connectivity index (χ0) is 13.2. The second kappa shape index (κ2) is 4.41. The third kappa shape index (κ3) is 3.17. The Morgan fingerprint density at radius 3 is 2.53 bits per heavy atom. The number of anilines is 1. The van der Waals surface area contributed by atoms with E-state index in [9.17, 15) is 23.3 Å². The number of hydrogen-bond donors (Lipinski definition) is 2. The van der Waals surface area contributed by atoms with Gasteiger partial charge in [-0.2, -0.15) is 0 Å². The van der Waals surface area contributed by atoms with Gasteiger partial charge in [0.15, 0.2) is 0 Å². The molecule has 0 saturated heterocycles. The number of rotatable bonds is 3. The quantitative estimate of drug-likeness (QED) is 0.610. The lowest BCUT2D eigenvalue weighted by atomic mass is 10.2. The molecule has 0 spiro atoms. The summed E-state index contributed by atoms with van der Waals surface area (Å²) in [6, 6.07) is 0.616. The lowest BCUT2D eigenvalue weighted by Crippen LogP contribution is -2.19. The Hall–Kier alpha value is -2.10. The highest BCUT2D eigenvalue weighted by atomic mass is 19.4.